The lowest BCUT2D eigenvalue weighted by atomic mass is 10.1. The number of methoxy groups -OCH3 is 1. The standard InChI is InChI=1S/C24H21N3O5S/c1-14-7-6-10-18(15(14)2)27-22(29)21-19(11-12-33-21)26(24(27)31)13-20(28)25-17-9-5-4-8-16(17)23(30)32-3/h4-12H,13H2,1-3H3,(H,25,28). The van der Waals surface area contributed by atoms with Crippen LogP contribution in [0.15, 0.2) is 63.5 Å². The van der Waals surface area contributed by atoms with Gasteiger partial charge in [-0.25, -0.2) is 14.2 Å². The summed E-state index contributed by atoms with van der Waals surface area (Å²) in [7, 11) is 1.25. The normalized spacial score (nSPS) is 10.9. The molecule has 0 saturated carbocycles. The summed E-state index contributed by atoms with van der Waals surface area (Å²) in [5.41, 5.74) is 2.03. The van der Waals surface area contributed by atoms with Gasteiger partial charge in [-0.05, 0) is 54.6 Å². The summed E-state index contributed by atoms with van der Waals surface area (Å²) in [5.74, 6) is -1.11. The van der Waals surface area contributed by atoms with Crippen molar-refractivity contribution in [3.05, 3.63) is 91.4 Å². The van der Waals surface area contributed by atoms with Crippen molar-refractivity contribution < 1.29 is 14.3 Å². The van der Waals surface area contributed by atoms with Crippen molar-refractivity contribution in [2.24, 2.45) is 0 Å². The number of fused-ring (bicyclic) bond motifs is 1. The number of aryl methyl sites for hydroxylation is 1. The average Bonchev–Trinajstić information content (AvgIpc) is 3.29. The highest BCUT2D eigenvalue weighted by Gasteiger charge is 2.20. The molecule has 8 nitrogen and oxygen atoms in total. The third-order valence-corrected chi connectivity index (χ3v) is 6.37. The molecule has 2 aromatic carbocycles. The molecule has 33 heavy (non-hydrogen) atoms. The van der Waals surface area contributed by atoms with E-state index in [1.54, 1.807) is 41.8 Å². The number of nitrogens with one attached hydrogen (secondary N) is 1. The number of rotatable bonds is 5. The second-order valence-corrected chi connectivity index (χ2v) is 8.36. The fourth-order valence-corrected chi connectivity index (χ4v) is 4.47. The summed E-state index contributed by atoms with van der Waals surface area (Å²) in [6.07, 6.45) is 0. The van der Waals surface area contributed by atoms with Gasteiger partial charge in [-0.15, -0.1) is 11.3 Å². The molecule has 1 N–H and O–H groups in total. The summed E-state index contributed by atoms with van der Waals surface area (Å²) in [5, 5.41) is 4.38. The number of para-hydroxylation sites is 1. The van der Waals surface area contributed by atoms with Gasteiger partial charge in [0.15, 0.2) is 0 Å². The van der Waals surface area contributed by atoms with Crippen LogP contribution in [0, 0.1) is 13.8 Å². The van der Waals surface area contributed by atoms with E-state index < -0.39 is 23.1 Å². The number of carbonyl (C=O) groups excluding carboxylic acids is 2. The maximum atomic E-state index is 13.5. The molecule has 9 heteroatoms. The lowest BCUT2D eigenvalue weighted by Gasteiger charge is -2.15. The molecule has 2 aromatic heterocycles. The van der Waals surface area contributed by atoms with Crippen LogP contribution in [0.3, 0.4) is 0 Å². The molecule has 4 rings (SSSR count). The van der Waals surface area contributed by atoms with E-state index in [2.05, 4.69) is 5.32 Å². The third-order valence-electron chi connectivity index (χ3n) is 5.48. The van der Waals surface area contributed by atoms with Gasteiger partial charge in [-0.1, -0.05) is 24.3 Å². The maximum Gasteiger partial charge on any atom is 0.339 e. The predicted octanol–water partition coefficient (Wildman–Crippen LogP) is 3.26. The first-order chi connectivity index (χ1) is 15.8. The Morgan fingerprint density at radius 3 is 2.55 bits per heavy atom. The van der Waals surface area contributed by atoms with Gasteiger partial charge in [0.2, 0.25) is 5.91 Å². The number of nitrogens with zero attached hydrogens (tertiary/aromatic N) is 2. The van der Waals surface area contributed by atoms with Gasteiger partial charge in [0.05, 0.1) is 29.6 Å². The minimum absolute atomic E-state index is 0.196. The molecule has 0 atom stereocenters. The van der Waals surface area contributed by atoms with Gasteiger partial charge in [-0.3, -0.25) is 14.2 Å². The van der Waals surface area contributed by atoms with E-state index >= 15 is 0 Å². The first kappa shape index (κ1) is 22.2. The summed E-state index contributed by atoms with van der Waals surface area (Å²) in [4.78, 5) is 51.5. The molecule has 1 amide bonds. The molecule has 2 heterocycles. The van der Waals surface area contributed by atoms with Crippen molar-refractivity contribution >= 4 is 39.1 Å². The Labute approximate surface area is 192 Å². The van der Waals surface area contributed by atoms with Gasteiger partial charge in [0.1, 0.15) is 11.2 Å². The van der Waals surface area contributed by atoms with Crippen LogP contribution in [0.2, 0.25) is 0 Å². The van der Waals surface area contributed by atoms with Gasteiger partial charge in [0, 0.05) is 0 Å². The smallest absolute Gasteiger partial charge is 0.339 e. The van der Waals surface area contributed by atoms with Crippen LogP contribution in [0.5, 0.6) is 0 Å². The molecule has 0 aliphatic heterocycles. The quantitative estimate of drug-likeness (QED) is 0.458. The van der Waals surface area contributed by atoms with Crippen LogP contribution in [0.1, 0.15) is 21.5 Å². The lowest BCUT2D eigenvalue weighted by Crippen LogP contribution is -2.40. The molecule has 168 valence electrons. The highest BCUT2D eigenvalue weighted by atomic mass is 32.1. The molecule has 0 bridgehead atoms. The van der Waals surface area contributed by atoms with Crippen LogP contribution in [0.4, 0.5) is 5.69 Å². The number of esters is 1. The average molecular weight is 464 g/mol. The lowest BCUT2D eigenvalue weighted by molar-refractivity contribution is -0.116. The van der Waals surface area contributed by atoms with E-state index in [-0.39, 0.29) is 17.8 Å². The topological polar surface area (TPSA) is 99.4 Å². The number of hydrogen-bond acceptors (Lipinski definition) is 6. The largest absolute Gasteiger partial charge is 0.465 e. The van der Waals surface area contributed by atoms with Crippen LogP contribution in [-0.2, 0) is 16.1 Å². The zero-order valence-electron chi connectivity index (χ0n) is 18.2. The molecule has 0 saturated heterocycles. The van der Waals surface area contributed by atoms with Crippen LogP contribution < -0.4 is 16.6 Å². The molecule has 0 radical (unpaired) electrons. The summed E-state index contributed by atoms with van der Waals surface area (Å²) in [6, 6.07) is 13.5. The van der Waals surface area contributed by atoms with Gasteiger partial charge >= 0.3 is 11.7 Å². The third kappa shape index (κ3) is 3.98. The van der Waals surface area contributed by atoms with Crippen LogP contribution in [0.25, 0.3) is 15.9 Å². The highest BCUT2D eigenvalue weighted by Crippen LogP contribution is 2.20. The van der Waals surface area contributed by atoms with Crippen molar-refractivity contribution in [1.82, 2.24) is 9.13 Å². The number of benzene rings is 2. The number of anilines is 1. The van der Waals surface area contributed by atoms with Gasteiger partial charge in [0.25, 0.3) is 5.56 Å². The molecular weight excluding hydrogens is 442 g/mol. The monoisotopic (exact) mass is 463 g/mol. The van der Waals surface area contributed by atoms with E-state index in [1.165, 1.54) is 29.1 Å². The summed E-state index contributed by atoms with van der Waals surface area (Å²) < 4.78 is 7.51. The van der Waals surface area contributed by atoms with Crippen LogP contribution in [-0.4, -0.2) is 28.1 Å². The zero-order chi connectivity index (χ0) is 23.7. The number of aromatic nitrogens is 2. The van der Waals surface area contributed by atoms with Crippen molar-refractivity contribution in [2.75, 3.05) is 12.4 Å². The number of carbonyl (C=O) groups is 2. The van der Waals surface area contributed by atoms with E-state index in [4.69, 9.17) is 4.74 Å². The first-order valence-corrected chi connectivity index (χ1v) is 11.0. The molecule has 0 spiro atoms. The Bertz CT molecular complexity index is 1510. The fraction of sp³-hybridized carbons (Fsp3) is 0.167. The van der Waals surface area contributed by atoms with E-state index in [0.29, 0.717) is 15.9 Å². The molecule has 0 aliphatic carbocycles. The van der Waals surface area contributed by atoms with Crippen molar-refractivity contribution in [1.29, 1.82) is 0 Å². The minimum atomic E-state index is -0.615. The SMILES string of the molecule is COC(=O)c1ccccc1NC(=O)Cn1c(=O)n(-c2cccc(C)c2C)c(=O)c2sccc21. The second-order valence-electron chi connectivity index (χ2n) is 7.45. The molecule has 0 fully saturated rings. The number of thiophene rings is 1. The zero-order valence-corrected chi connectivity index (χ0v) is 19.1. The van der Waals surface area contributed by atoms with E-state index in [9.17, 15) is 19.2 Å². The van der Waals surface area contributed by atoms with E-state index in [0.717, 1.165) is 15.7 Å². The number of amides is 1. The molecule has 0 unspecified atom stereocenters. The Kier molecular flexibility index (Phi) is 5.97. The van der Waals surface area contributed by atoms with Crippen molar-refractivity contribution in [2.45, 2.75) is 20.4 Å². The Morgan fingerprint density at radius 2 is 1.79 bits per heavy atom. The van der Waals surface area contributed by atoms with E-state index in [1.807, 2.05) is 19.9 Å². The summed E-state index contributed by atoms with van der Waals surface area (Å²) in [6.45, 7) is 3.40. The maximum absolute atomic E-state index is 13.5. The van der Waals surface area contributed by atoms with Crippen LogP contribution >= 0.6 is 11.3 Å². The molecule has 4 aromatic rings. The van der Waals surface area contributed by atoms with Gasteiger partial charge < -0.3 is 10.1 Å². The fourth-order valence-electron chi connectivity index (χ4n) is 3.64. The Hall–Kier alpha value is -3.98. The number of ether oxygens (including phenoxy) is 1. The predicted molar refractivity (Wildman–Crippen MR) is 128 cm³/mol. The first-order valence-electron chi connectivity index (χ1n) is 10.1. The minimum Gasteiger partial charge on any atom is -0.465 e. The van der Waals surface area contributed by atoms with Crippen molar-refractivity contribution in [3.63, 3.8) is 0 Å². The molecule has 0 aliphatic rings. The Morgan fingerprint density at radius 1 is 1.03 bits per heavy atom. The second kappa shape index (κ2) is 8.87. The molecular formula is C24H21N3O5S. The number of hydrogen-bond donors (Lipinski definition) is 1. The summed E-state index contributed by atoms with van der Waals surface area (Å²) >= 11 is 1.21. The van der Waals surface area contributed by atoms with Crippen molar-refractivity contribution in [3.8, 4) is 5.69 Å². The Balaban J connectivity index is 1.80. The van der Waals surface area contributed by atoms with Gasteiger partial charge in [-0.2, -0.15) is 0 Å². The highest BCUT2D eigenvalue weighted by molar-refractivity contribution is 7.17.